The van der Waals surface area contributed by atoms with Crippen LogP contribution < -0.4 is 0 Å². The van der Waals surface area contributed by atoms with Crippen LogP contribution in [0.4, 0.5) is 4.39 Å². The summed E-state index contributed by atoms with van der Waals surface area (Å²) in [6.07, 6.45) is 0. The van der Waals surface area contributed by atoms with E-state index in [-0.39, 0.29) is 5.82 Å². The second-order valence-corrected chi connectivity index (χ2v) is 1.30. The van der Waals surface area contributed by atoms with Gasteiger partial charge < -0.3 is 0 Å². The summed E-state index contributed by atoms with van der Waals surface area (Å²) in [5, 5.41) is 0. The summed E-state index contributed by atoms with van der Waals surface area (Å²) in [5.41, 5.74) is 0. The smallest absolute Gasteiger partial charge is 0.123 e. The molecule has 0 unspecified atom stereocenters. The summed E-state index contributed by atoms with van der Waals surface area (Å²) in [5.74, 6) is -0.178. The number of rotatable bonds is 0. The average Bonchev–Trinajstić information content (AvgIpc) is 1.94. The summed E-state index contributed by atoms with van der Waals surface area (Å²) in [6.45, 7) is 0. The molecule has 0 nitrogen and oxygen atoms in total. The van der Waals surface area contributed by atoms with Crippen LogP contribution in [0.2, 0.25) is 0 Å². The van der Waals surface area contributed by atoms with Crippen molar-refractivity contribution in [1.82, 2.24) is 0 Å². The Morgan fingerprint density at radius 2 is 1.56 bits per heavy atom. The zero-order chi connectivity index (χ0) is 7.11. The lowest BCUT2D eigenvalue weighted by atomic mass is 10.4. The van der Waals surface area contributed by atoms with Crippen molar-refractivity contribution in [3.05, 3.63) is 36.1 Å². The van der Waals surface area contributed by atoms with Crippen molar-refractivity contribution < 1.29 is 4.39 Å². The molecule has 0 atom stereocenters. The Kier molecular flexibility index (Phi) is 6.74. The molecular weight excluding hydrogens is 298 g/mol. The molecule has 0 amide bonds. The molecule has 0 N–H and O–H groups in total. The van der Waals surface area contributed by atoms with E-state index < -0.39 is 0 Å². The highest BCUT2D eigenvalue weighted by atomic mass is 127. The van der Waals surface area contributed by atoms with Crippen molar-refractivity contribution in [3.63, 3.8) is 0 Å². The van der Waals surface area contributed by atoms with Crippen molar-refractivity contribution in [1.29, 1.82) is 0 Å². The van der Waals surface area contributed by atoms with E-state index in [0.717, 1.165) is 0 Å². The molecule has 0 saturated carbocycles. The van der Waals surface area contributed by atoms with Gasteiger partial charge in [0.2, 0.25) is 0 Å². The first-order valence-corrected chi connectivity index (χ1v) is 7.08. The van der Waals surface area contributed by atoms with E-state index in [9.17, 15) is 4.39 Å². The predicted molar refractivity (Wildman–Crippen MR) is 49.3 cm³/mol. The molecule has 1 aromatic carbocycles. The zero-order valence-corrected chi connectivity index (χ0v) is 8.26. The quantitative estimate of drug-likeness (QED) is 0.643. The predicted octanol–water partition coefficient (Wildman–Crippen LogP) is 3.56. The van der Waals surface area contributed by atoms with Gasteiger partial charge in [-0.2, -0.15) is 0 Å². The third-order valence-corrected chi connectivity index (χ3v) is 0.733. The van der Waals surface area contributed by atoms with Crippen LogP contribution >= 0.6 is 33.1 Å². The molecule has 50 valence electrons. The van der Waals surface area contributed by atoms with Crippen LogP contribution in [-0.4, -0.2) is 0 Å². The van der Waals surface area contributed by atoms with Gasteiger partial charge in [-0.05, 0) is 24.8 Å². The lowest BCUT2D eigenvalue weighted by Crippen LogP contribution is -1.63. The average molecular weight is 303 g/mol. The molecule has 0 fully saturated rings. The molecule has 0 spiro atoms. The van der Waals surface area contributed by atoms with Gasteiger partial charge in [-0.3, -0.25) is 0 Å². The third-order valence-electron chi connectivity index (χ3n) is 0.733. The standard InChI is InChI=1S/C6H5F.BrI/c7-6-4-2-1-3-5-6;1-2/h1-5H;. The van der Waals surface area contributed by atoms with Gasteiger partial charge in [-0.1, -0.05) is 18.2 Å². The van der Waals surface area contributed by atoms with Gasteiger partial charge in [0.05, 0.1) is 0 Å². The number of benzene rings is 1. The van der Waals surface area contributed by atoms with Gasteiger partial charge in [0.1, 0.15) is 5.82 Å². The van der Waals surface area contributed by atoms with Crippen LogP contribution in [0.15, 0.2) is 30.3 Å². The van der Waals surface area contributed by atoms with Crippen LogP contribution in [-0.2, 0) is 0 Å². The highest BCUT2D eigenvalue weighted by molar-refractivity contribution is 14.2. The van der Waals surface area contributed by atoms with Crippen LogP contribution in [0.5, 0.6) is 0 Å². The van der Waals surface area contributed by atoms with E-state index in [1.54, 1.807) is 18.2 Å². The Morgan fingerprint density at radius 1 is 1.11 bits per heavy atom. The Balaban J connectivity index is 0.000000291. The minimum Gasteiger partial charge on any atom is -0.207 e. The van der Waals surface area contributed by atoms with Crippen LogP contribution in [0.1, 0.15) is 0 Å². The molecule has 0 aliphatic carbocycles. The highest BCUT2D eigenvalue weighted by Gasteiger charge is 1.77. The van der Waals surface area contributed by atoms with E-state index >= 15 is 0 Å². The molecule has 0 aliphatic rings. The molecule has 1 rings (SSSR count). The van der Waals surface area contributed by atoms with Crippen LogP contribution in [0, 0.1) is 5.82 Å². The molecule has 1 aromatic rings. The first kappa shape index (κ1) is 9.36. The SMILES string of the molecule is BrI.Fc1ccccc1. The van der Waals surface area contributed by atoms with Gasteiger partial charge in [0.25, 0.3) is 0 Å². The van der Waals surface area contributed by atoms with E-state index in [4.69, 9.17) is 0 Å². The summed E-state index contributed by atoms with van der Waals surface area (Å²) >= 11 is 4.87. The van der Waals surface area contributed by atoms with E-state index in [1.165, 1.54) is 12.1 Å². The highest BCUT2D eigenvalue weighted by Crippen LogP contribution is 1.91. The van der Waals surface area contributed by atoms with Crippen molar-refractivity contribution in [2.75, 3.05) is 0 Å². The summed E-state index contributed by atoms with van der Waals surface area (Å²) in [6, 6.07) is 7.94. The van der Waals surface area contributed by atoms with Crippen molar-refractivity contribution in [2.45, 2.75) is 0 Å². The molecule has 0 aromatic heterocycles. The van der Waals surface area contributed by atoms with E-state index in [2.05, 4.69) is 12.7 Å². The maximum Gasteiger partial charge on any atom is 0.123 e. The molecule has 0 bridgehead atoms. The summed E-state index contributed by atoms with van der Waals surface area (Å²) in [7, 11) is 0. The third kappa shape index (κ3) is 4.84. The van der Waals surface area contributed by atoms with Crippen LogP contribution in [0.25, 0.3) is 0 Å². The molecular formula is C6H5BrFI. The summed E-state index contributed by atoms with van der Waals surface area (Å²) < 4.78 is 11.9. The molecule has 0 heterocycles. The Labute approximate surface area is 73.4 Å². The minimum absolute atomic E-state index is 0.178. The molecule has 9 heavy (non-hydrogen) atoms. The van der Waals surface area contributed by atoms with Crippen molar-refractivity contribution >= 4 is 33.1 Å². The second-order valence-electron chi connectivity index (χ2n) is 1.30. The largest absolute Gasteiger partial charge is 0.207 e. The van der Waals surface area contributed by atoms with E-state index in [0.29, 0.717) is 0 Å². The topological polar surface area (TPSA) is 0 Å². The number of hydrogen-bond donors (Lipinski definition) is 0. The maximum atomic E-state index is 11.9. The zero-order valence-electron chi connectivity index (χ0n) is 4.52. The van der Waals surface area contributed by atoms with Gasteiger partial charge in [0, 0.05) is 20.4 Å². The Morgan fingerprint density at radius 3 is 1.78 bits per heavy atom. The summed E-state index contributed by atoms with van der Waals surface area (Å²) in [4.78, 5) is 0. The fourth-order valence-corrected chi connectivity index (χ4v) is 0.415. The van der Waals surface area contributed by atoms with E-state index in [1.807, 2.05) is 20.4 Å². The lowest BCUT2D eigenvalue weighted by Gasteiger charge is -1.78. The van der Waals surface area contributed by atoms with Gasteiger partial charge in [0.15, 0.2) is 0 Å². The normalized spacial score (nSPS) is 7.44. The lowest BCUT2D eigenvalue weighted by molar-refractivity contribution is 0.628. The van der Waals surface area contributed by atoms with Crippen LogP contribution in [0.3, 0.4) is 0 Å². The molecule has 0 saturated heterocycles. The Bertz CT molecular complexity index is 143. The fraction of sp³-hybridized carbons (Fsp3) is 0. The molecule has 0 aliphatic heterocycles. The van der Waals surface area contributed by atoms with Gasteiger partial charge in [-0.15, -0.1) is 0 Å². The fourth-order valence-electron chi connectivity index (χ4n) is 0.415. The maximum absolute atomic E-state index is 11.9. The molecule has 0 radical (unpaired) electrons. The minimum atomic E-state index is -0.178. The second kappa shape index (κ2) is 6.48. The first-order valence-electron chi connectivity index (χ1n) is 2.24. The monoisotopic (exact) mass is 302 g/mol. The first-order chi connectivity index (χ1) is 4.39. The Hall–Kier alpha value is 0.360. The van der Waals surface area contributed by atoms with Gasteiger partial charge in [-0.25, -0.2) is 4.39 Å². The number of halogens is 3. The van der Waals surface area contributed by atoms with Gasteiger partial charge >= 0.3 is 0 Å². The van der Waals surface area contributed by atoms with Crippen molar-refractivity contribution in [2.24, 2.45) is 0 Å². The molecule has 3 heteroatoms. The number of hydrogen-bond acceptors (Lipinski definition) is 0. The van der Waals surface area contributed by atoms with Crippen molar-refractivity contribution in [3.8, 4) is 0 Å².